The summed E-state index contributed by atoms with van der Waals surface area (Å²) in [6.07, 6.45) is -2.84. The maximum atomic E-state index is 12.5. The van der Waals surface area contributed by atoms with Crippen LogP contribution < -0.4 is 15.8 Å². The number of anilines is 3. The average molecular weight is 400 g/mol. The molecular formula is C15H15F3N6O2S. The van der Waals surface area contributed by atoms with Gasteiger partial charge in [0, 0.05) is 11.9 Å². The van der Waals surface area contributed by atoms with Crippen LogP contribution in [0.15, 0.2) is 36.5 Å². The van der Waals surface area contributed by atoms with Gasteiger partial charge in [-0.2, -0.15) is 23.1 Å². The molecule has 0 bridgehead atoms. The van der Waals surface area contributed by atoms with E-state index >= 15 is 0 Å². The number of aromatic amines is 1. The normalized spacial score (nSPS) is 12.3. The Morgan fingerprint density at radius 3 is 2.44 bits per heavy atom. The Hall–Kier alpha value is -2.86. The second kappa shape index (κ2) is 7.04. The van der Waals surface area contributed by atoms with E-state index < -0.39 is 22.7 Å². The second-order valence-corrected chi connectivity index (χ2v) is 7.35. The molecule has 0 saturated heterocycles. The molecular weight excluding hydrogens is 385 g/mol. The summed E-state index contributed by atoms with van der Waals surface area (Å²) in [4.78, 5) is 11.1. The van der Waals surface area contributed by atoms with Gasteiger partial charge in [-0.05, 0) is 23.8 Å². The number of primary sulfonamides is 1. The number of H-pyrrole nitrogens is 1. The van der Waals surface area contributed by atoms with Crippen LogP contribution in [0.4, 0.5) is 30.6 Å². The highest BCUT2D eigenvalue weighted by atomic mass is 32.2. The van der Waals surface area contributed by atoms with Crippen molar-refractivity contribution in [2.45, 2.75) is 11.9 Å². The Kier molecular flexibility index (Phi) is 4.93. The molecule has 0 radical (unpaired) electrons. The number of alkyl halides is 3. The van der Waals surface area contributed by atoms with E-state index in [-0.39, 0.29) is 17.5 Å². The maximum Gasteiger partial charge on any atom is 0.405 e. The quantitative estimate of drug-likeness (QED) is 0.504. The molecule has 8 nitrogen and oxygen atoms in total. The molecule has 12 heteroatoms. The van der Waals surface area contributed by atoms with Crippen molar-refractivity contribution in [1.29, 1.82) is 0 Å². The third-order valence-electron chi connectivity index (χ3n) is 3.45. The van der Waals surface area contributed by atoms with E-state index in [0.717, 1.165) is 0 Å². The molecule has 27 heavy (non-hydrogen) atoms. The van der Waals surface area contributed by atoms with E-state index in [1.807, 2.05) is 0 Å². The van der Waals surface area contributed by atoms with E-state index in [1.54, 1.807) is 36.5 Å². The molecule has 0 unspecified atom stereocenters. The van der Waals surface area contributed by atoms with Gasteiger partial charge < -0.3 is 15.6 Å². The zero-order chi connectivity index (χ0) is 19.7. The second-order valence-electron chi connectivity index (χ2n) is 5.73. The number of nitrogens with one attached hydrogen (secondary N) is 3. The molecule has 0 aliphatic rings. The highest BCUT2D eigenvalue weighted by Crippen LogP contribution is 2.24. The predicted octanol–water partition coefficient (Wildman–Crippen LogP) is 2.46. The molecule has 144 valence electrons. The first-order chi connectivity index (χ1) is 12.6. The molecule has 0 aliphatic carbocycles. The number of hydrogen-bond acceptors (Lipinski definition) is 6. The number of nitrogens with two attached hydrogens (primary N) is 1. The number of hydrogen-bond donors (Lipinski definition) is 4. The molecule has 5 N–H and O–H groups in total. The summed E-state index contributed by atoms with van der Waals surface area (Å²) in [7, 11) is -3.64. The van der Waals surface area contributed by atoms with E-state index in [1.165, 1.54) is 0 Å². The van der Waals surface area contributed by atoms with Crippen LogP contribution in [-0.4, -0.2) is 36.1 Å². The van der Waals surface area contributed by atoms with E-state index in [2.05, 4.69) is 25.6 Å². The Balaban J connectivity index is 1.82. The van der Waals surface area contributed by atoms with Crippen LogP contribution in [0, 0.1) is 0 Å². The van der Waals surface area contributed by atoms with Crippen LogP contribution in [0.5, 0.6) is 0 Å². The minimum Gasteiger partial charge on any atom is -0.360 e. The van der Waals surface area contributed by atoms with Gasteiger partial charge in [0.25, 0.3) is 0 Å². The van der Waals surface area contributed by atoms with Gasteiger partial charge in [0.2, 0.25) is 16.0 Å². The Morgan fingerprint density at radius 1 is 1.11 bits per heavy atom. The van der Waals surface area contributed by atoms with E-state index in [4.69, 9.17) is 5.14 Å². The molecule has 3 aromatic rings. The molecule has 0 spiro atoms. The van der Waals surface area contributed by atoms with Gasteiger partial charge in [-0.15, -0.1) is 0 Å². The third kappa shape index (κ3) is 5.31. The van der Waals surface area contributed by atoms with Crippen LogP contribution in [0.2, 0.25) is 0 Å². The number of fused-ring (bicyclic) bond motifs is 1. The fourth-order valence-electron chi connectivity index (χ4n) is 2.36. The number of benzene rings is 1. The highest BCUT2D eigenvalue weighted by Gasteiger charge is 2.27. The largest absolute Gasteiger partial charge is 0.405 e. The first-order valence-corrected chi connectivity index (χ1v) is 9.33. The van der Waals surface area contributed by atoms with E-state index in [0.29, 0.717) is 22.3 Å². The van der Waals surface area contributed by atoms with Crippen molar-refractivity contribution >= 4 is 38.5 Å². The summed E-state index contributed by atoms with van der Waals surface area (Å²) in [5, 5.41) is 10.5. The van der Waals surface area contributed by atoms with Crippen molar-refractivity contribution in [3.05, 3.63) is 42.1 Å². The molecule has 0 aliphatic heterocycles. The van der Waals surface area contributed by atoms with Gasteiger partial charge >= 0.3 is 6.18 Å². The zero-order valence-corrected chi connectivity index (χ0v) is 14.5. The minimum atomic E-state index is -4.39. The Labute approximate surface area is 152 Å². The monoisotopic (exact) mass is 400 g/mol. The SMILES string of the molecule is NS(=O)(=O)Cc1ccc(Nc2nc(NCC(F)(F)F)c3cc[nH]c3n2)cc1. The van der Waals surface area contributed by atoms with Crippen molar-refractivity contribution < 1.29 is 21.6 Å². The Morgan fingerprint density at radius 2 is 1.81 bits per heavy atom. The van der Waals surface area contributed by atoms with Crippen molar-refractivity contribution in [3.63, 3.8) is 0 Å². The zero-order valence-electron chi connectivity index (χ0n) is 13.7. The van der Waals surface area contributed by atoms with Gasteiger partial charge in [0.05, 0.1) is 11.1 Å². The van der Waals surface area contributed by atoms with Gasteiger partial charge in [-0.1, -0.05) is 12.1 Å². The molecule has 0 saturated carbocycles. The highest BCUT2D eigenvalue weighted by molar-refractivity contribution is 7.88. The van der Waals surface area contributed by atoms with Gasteiger partial charge in [-0.3, -0.25) is 0 Å². The lowest BCUT2D eigenvalue weighted by atomic mass is 10.2. The van der Waals surface area contributed by atoms with Crippen molar-refractivity contribution in [3.8, 4) is 0 Å². The number of sulfonamides is 1. The van der Waals surface area contributed by atoms with Crippen LogP contribution in [0.3, 0.4) is 0 Å². The van der Waals surface area contributed by atoms with Gasteiger partial charge in [0.15, 0.2) is 0 Å². The molecule has 0 amide bonds. The maximum absolute atomic E-state index is 12.5. The van der Waals surface area contributed by atoms with Crippen LogP contribution in [0.1, 0.15) is 5.56 Å². The summed E-state index contributed by atoms with van der Waals surface area (Å²) in [6.45, 7) is -1.23. The van der Waals surface area contributed by atoms with Crippen LogP contribution in [-0.2, 0) is 15.8 Å². The van der Waals surface area contributed by atoms with Crippen LogP contribution >= 0.6 is 0 Å². The lowest BCUT2D eigenvalue weighted by Gasteiger charge is -2.12. The fraction of sp³-hybridized carbons (Fsp3) is 0.200. The lowest BCUT2D eigenvalue weighted by Crippen LogP contribution is -2.22. The first kappa shape index (κ1) is 18.9. The summed E-state index contributed by atoms with van der Waals surface area (Å²) in [5.41, 5.74) is 1.39. The molecule has 2 aromatic heterocycles. The molecule has 2 heterocycles. The fourth-order valence-corrected chi connectivity index (χ4v) is 3.02. The lowest BCUT2D eigenvalue weighted by molar-refractivity contribution is -0.115. The third-order valence-corrected chi connectivity index (χ3v) is 4.19. The van der Waals surface area contributed by atoms with E-state index in [9.17, 15) is 21.6 Å². The molecule has 1 aromatic carbocycles. The average Bonchev–Trinajstić information content (AvgIpc) is 3.01. The van der Waals surface area contributed by atoms with Gasteiger partial charge in [-0.25, -0.2) is 13.6 Å². The van der Waals surface area contributed by atoms with Crippen molar-refractivity contribution in [2.75, 3.05) is 17.2 Å². The summed E-state index contributed by atoms with van der Waals surface area (Å²) in [6, 6.07) is 7.86. The first-order valence-electron chi connectivity index (χ1n) is 7.61. The topological polar surface area (TPSA) is 126 Å². The minimum absolute atomic E-state index is 0.0342. The standard InChI is InChI=1S/C15H15F3N6O2S/c16-15(17,18)8-21-13-11-5-6-20-12(11)23-14(24-13)22-10-3-1-9(2-4-10)7-27(19,25)26/h1-6H,7-8H2,(H2,19,25,26)(H3,20,21,22,23,24). The molecule has 0 atom stereocenters. The summed E-state index contributed by atoms with van der Waals surface area (Å²) < 4.78 is 59.7. The van der Waals surface area contributed by atoms with Crippen molar-refractivity contribution in [1.82, 2.24) is 15.0 Å². The number of nitrogens with zero attached hydrogens (tertiary/aromatic N) is 2. The smallest absolute Gasteiger partial charge is 0.360 e. The van der Waals surface area contributed by atoms with Crippen LogP contribution in [0.25, 0.3) is 11.0 Å². The Bertz CT molecular complexity index is 1050. The summed E-state index contributed by atoms with van der Waals surface area (Å²) in [5.74, 6) is -0.190. The number of aromatic nitrogens is 3. The predicted molar refractivity (Wildman–Crippen MR) is 95.0 cm³/mol. The number of halogens is 3. The molecule has 3 rings (SSSR count). The summed E-state index contributed by atoms with van der Waals surface area (Å²) >= 11 is 0. The number of rotatable bonds is 6. The van der Waals surface area contributed by atoms with Gasteiger partial charge in [0.1, 0.15) is 18.0 Å². The molecule has 0 fully saturated rings. The van der Waals surface area contributed by atoms with Crippen molar-refractivity contribution in [2.24, 2.45) is 5.14 Å².